The molecule has 1 amide bonds. The van der Waals surface area contributed by atoms with E-state index in [4.69, 9.17) is 0 Å². The van der Waals surface area contributed by atoms with Crippen LogP contribution in [0, 0.1) is 5.41 Å². The van der Waals surface area contributed by atoms with Gasteiger partial charge < -0.3 is 4.90 Å². The number of rotatable bonds is 3. The Balaban J connectivity index is 2.58. The molecule has 0 spiro atoms. The second-order valence-electron chi connectivity index (χ2n) is 7.41. The summed E-state index contributed by atoms with van der Waals surface area (Å²) in [4.78, 5) is 18.4. The van der Waals surface area contributed by atoms with Gasteiger partial charge in [0.1, 0.15) is 0 Å². The molecule has 112 valence electrons. The van der Waals surface area contributed by atoms with Crippen LogP contribution in [0.1, 0.15) is 34.6 Å². The zero-order valence-corrected chi connectivity index (χ0v) is 13.7. The molecule has 0 unspecified atom stereocenters. The fourth-order valence-electron chi connectivity index (χ4n) is 2.63. The molecule has 0 N–H and O–H groups in total. The van der Waals surface area contributed by atoms with Gasteiger partial charge in [-0.1, -0.05) is 20.8 Å². The monoisotopic (exact) mass is 269 g/mol. The second-order valence-corrected chi connectivity index (χ2v) is 7.41. The summed E-state index contributed by atoms with van der Waals surface area (Å²) in [7, 11) is 3.65. The smallest absolute Gasteiger partial charge is 0.236 e. The number of amides is 1. The van der Waals surface area contributed by atoms with Crippen LogP contribution >= 0.6 is 0 Å². The molecule has 0 radical (unpaired) electrons. The number of likely N-dealkylation sites (N-methyl/N-ethyl adjacent to an activating group) is 1. The molecule has 1 saturated heterocycles. The Morgan fingerprint density at radius 2 is 1.58 bits per heavy atom. The van der Waals surface area contributed by atoms with E-state index in [2.05, 4.69) is 44.4 Å². The fraction of sp³-hybridized carbons (Fsp3) is 0.933. The second kappa shape index (κ2) is 6.23. The van der Waals surface area contributed by atoms with Crippen molar-refractivity contribution in [1.29, 1.82) is 0 Å². The van der Waals surface area contributed by atoms with Gasteiger partial charge in [0, 0.05) is 45.8 Å². The molecule has 19 heavy (non-hydrogen) atoms. The Morgan fingerprint density at radius 1 is 1.11 bits per heavy atom. The van der Waals surface area contributed by atoms with Crippen molar-refractivity contribution in [3.05, 3.63) is 0 Å². The van der Waals surface area contributed by atoms with Crippen molar-refractivity contribution in [2.45, 2.75) is 46.7 Å². The van der Waals surface area contributed by atoms with Gasteiger partial charge in [-0.3, -0.25) is 14.6 Å². The van der Waals surface area contributed by atoms with Crippen LogP contribution in [0.2, 0.25) is 0 Å². The normalized spacial score (nSPS) is 26.5. The van der Waals surface area contributed by atoms with Crippen molar-refractivity contribution >= 4 is 5.91 Å². The number of piperazine rings is 1. The first-order valence-corrected chi connectivity index (χ1v) is 7.28. The van der Waals surface area contributed by atoms with Crippen molar-refractivity contribution < 1.29 is 4.79 Å². The number of nitrogens with zero attached hydrogens (tertiary/aromatic N) is 3. The first-order chi connectivity index (χ1) is 8.60. The molecular formula is C15H31N3O. The third kappa shape index (κ3) is 5.11. The van der Waals surface area contributed by atoms with E-state index in [0.29, 0.717) is 24.0 Å². The first-order valence-electron chi connectivity index (χ1n) is 7.28. The average molecular weight is 269 g/mol. The van der Waals surface area contributed by atoms with Crippen LogP contribution in [0.4, 0.5) is 0 Å². The van der Waals surface area contributed by atoms with Crippen molar-refractivity contribution in [3.8, 4) is 0 Å². The Morgan fingerprint density at radius 3 is 2.05 bits per heavy atom. The van der Waals surface area contributed by atoms with Gasteiger partial charge in [0.15, 0.2) is 0 Å². The van der Waals surface area contributed by atoms with Crippen LogP contribution in [0.15, 0.2) is 0 Å². The summed E-state index contributed by atoms with van der Waals surface area (Å²) in [6.07, 6.45) is 0. The van der Waals surface area contributed by atoms with Crippen LogP contribution < -0.4 is 0 Å². The predicted molar refractivity (Wildman–Crippen MR) is 80.2 cm³/mol. The summed E-state index contributed by atoms with van der Waals surface area (Å²) in [6.45, 7) is 15.0. The zero-order chi connectivity index (χ0) is 14.8. The predicted octanol–water partition coefficient (Wildman–Crippen LogP) is 1.52. The molecule has 0 aromatic rings. The molecule has 0 aromatic heterocycles. The third-order valence-electron chi connectivity index (χ3n) is 3.76. The Bertz CT molecular complexity index is 309. The van der Waals surface area contributed by atoms with E-state index in [-0.39, 0.29) is 5.91 Å². The maximum atomic E-state index is 11.8. The van der Waals surface area contributed by atoms with E-state index in [1.807, 2.05) is 14.1 Å². The van der Waals surface area contributed by atoms with E-state index >= 15 is 0 Å². The Labute approximate surface area is 118 Å². The molecule has 0 saturated carbocycles. The molecule has 4 heteroatoms. The van der Waals surface area contributed by atoms with Gasteiger partial charge in [0.05, 0.1) is 6.54 Å². The number of carbonyl (C=O) groups excluding carboxylic acids is 1. The maximum Gasteiger partial charge on any atom is 0.236 e. The minimum Gasteiger partial charge on any atom is -0.348 e. The lowest BCUT2D eigenvalue weighted by atomic mass is 9.94. The van der Waals surface area contributed by atoms with Crippen molar-refractivity contribution in [2.24, 2.45) is 5.41 Å². The lowest BCUT2D eigenvalue weighted by Crippen LogP contribution is -2.59. The number of hydrogen-bond acceptors (Lipinski definition) is 3. The minimum absolute atomic E-state index is 0.198. The molecule has 0 aromatic carbocycles. The molecule has 4 nitrogen and oxygen atoms in total. The SMILES string of the molecule is C[C@@H]1CN(CC(C)(C)C)[C@@H](C)CN1CC(=O)N(C)C. The van der Waals surface area contributed by atoms with Crippen LogP contribution in [0.5, 0.6) is 0 Å². The summed E-state index contributed by atoms with van der Waals surface area (Å²) in [5.41, 5.74) is 0.329. The van der Waals surface area contributed by atoms with Gasteiger partial charge >= 0.3 is 0 Å². The summed E-state index contributed by atoms with van der Waals surface area (Å²) >= 11 is 0. The number of hydrogen-bond donors (Lipinski definition) is 0. The molecule has 1 rings (SSSR count). The Kier molecular flexibility index (Phi) is 5.39. The largest absolute Gasteiger partial charge is 0.348 e. The van der Waals surface area contributed by atoms with E-state index in [1.165, 1.54) is 0 Å². The molecule has 2 atom stereocenters. The van der Waals surface area contributed by atoms with Gasteiger partial charge in [0.25, 0.3) is 0 Å². The van der Waals surface area contributed by atoms with Crippen LogP contribution in [0.25, 0.3) is 0 Å². The van der Waals surface area contributed by atoms with Gasteiger partial charge in [-0.05, 0) is 19.3 Å². The topological polar surface area (TPSA) is 26.8 Å². The van der Waals surface area contributed by atoms with Gasteiger partial charge in [-0.2, -0.15) is 0 Å². The molecule has 1 fully saturated rings. The summed E-state index contributed by atoms with van der Waals surface area (Å²) < 4.78 is 0. The molecule has 1 heterocycles. The molecule has 1 aliphatic rings. The quantitative estimate of drug-likeness (QED) is 0.777. The zero-order valence-electron chi connectivity index (χ0n) is 13.7. The van der Waals surface area contributed by atoms with Crippen LogP contribution in [0.3, 0.4) is 0 Å². The third-order valence-corrected chi connectivity index (χ3v) is 3.76. The van der Waals surface area contributed by atoms with Crippen LogP contribution in [-0.2, 0) is 4.79 Å². The fourth-order valence-corrected chi connectivity index (χ4v) is 2.63. The van der Waals surface area contributed by atoms with Crippen molar-refractivity contribution in [2.75, 3.05) is 40.3 Å². The highest BCUT2D eigenvalue weighted by molar-refractivity contribution is 5.77. The summed E-state index contributed by atoms with van der Waals surface area (Å²) in [6, 6.07) is 0.966. The highest BCUT2D eigenvalue weighted by Gasteiger charge is 2.32. The van der Waals surface area contributed by atoms with Crippen molar-refractivity contribution in [1.82, 2.24) is 14.7 Å². The highest BCUT2D eigenvalue weighted by Crippen LogP contribution is 2.21. The maximum absolute atomic E-state index is 11.8. The molecule has 1 aliphatic heterocycles. The average Bonchev–Trinajstić information content (AvgIpc) is 2.23. The molecular weight excluding hydrogens is 238 g/mol. The Hall–Kier alpha value is -0.610. The van der Waals surface area contributed by atoms with Crippen molar-refractivity contribution in [3.63, 3.8) is 0 Å². The molecule has 0 aliphatic carbocycles. The standard InChI is InChI=1S/C15H31N3O/c1-12-9-18(11-15(3,4)5)13(2)8-17(12)10-14(19)16(6)7/h12-13H,8-11H2,1-7H3/t12-,13+/m1/s1. The summed E-state index contributed by atoms with van der Waals surface area (Å²) in [5.74, 6) is 0.198. The van der Waals surface area contributed by atoms with Gasteiger partial charge in [-0.15, -0.1) is 0 Å². The van der Waals surface area contributed by atoms with Gasteiger partial charge in [0.2, 0.25) is 5.91 Å². The van der Waals surface area contributed by atoms with E-state index in [0.717, 1.165) is 19.6 Å². The van der Waals surface area contributed by atoms with E-state index < -0.39 is 0 Å². The van der Waals surface area contributed by atoms with E-state index in [1.54, 1.807) is 4.90 Å². The minimum atomic E-state index is 0.198. The first kappa shape index (κ1) is 16.4. The lowest BCUT2D eigenvalue weighted by Gasteiger charge is -2.46. The molecule has 0 bridgehead atoms. The van der Waals surface area contributed by atoms with Gasteiger partial charge in [-0.25, -0.2) is 0 Å². The van der Waals surface area contributed by atoms with E-state index in [9.17, 15) is 4.79 Å². The summed E-state index contributed by atoms with van der Waals surface area (Å²) in [5, 5.41) is 0. The lowest BCUT2D eigenvalue weighted by molar-refractivity contribution is -0.131. The highest BCUT2D eigenvalue weighted by atomic mass is 16.2. The van der Waals surface area contributed by atoms with Crippen LogP contribution in [-0.4, -0.2) is 73.0 Å². The number of carbonyl (C=O) groups is 1.